The zero-order chi connectivity index (χ0) is 14.0. The minimum absolute atomic E-state index is 0.00780. The molecule has 2 rings (SSSR count). The highest BCUT2D eigenvalue weighted by Gasteiger charge is 2.15. The lowest BCUT2D eigenvalue weighted by Crippen LogP contribution is -2.36. The van der Waals surface area contributed by atoms with Crippen LogP contribution in [0.3, 0.4) is 0 Å². The van der Waals surface area contributed by atoms with Gasteiger partial charge in [-0.1, -0.05) is 0 Å². The topological polar surface area (TPSA) is 64.0 Å². The van der Waals surface area contributed by atoms with Crippen LogP contribution in [0.15, 0.2) is 29.2 Å². The number of carbonyl (C=O) groups excluding carboxylic acids is 1. The summed E-state index contributed by atoms with van der Waals surface area (Å²) in [5.41, 5.74) is 0.471. The molecule has 2 aromatic heterocycles. The number of hydrogen-bond donors (Lipinski definition) is 1. The SMILES string of the molecule is CCn1c(=O)c(C(=O)NC(C)C)cc2cccnc21. The molecule has 2 aromatic rings. The Morgan fingerprint density at radius 2 is 2.21 bits per heavy atom. The molecule has 0 aliphatic heterocycles. The van der Waals surface area contributed by atoms with Crippen LogP contribution in [-0.2, 0) is 6.54 Å². The first-order chi connectivity index (χ1) is 9.04. The maximum atomic E-state index is 12.3. The first-order valence-electron chi connectivity index (χ1n) is 6.34. The van der Waals surface area contributed by atoms with Gasteiger partial charge in [0.1, 0.15) is 11.2 Å². The Bertz CT molecular complexity index is 674. The molecule has 1 N–H and O–H groups in total. The lowest BCUT2D eigenvalue weighted by molar-refractivity contribution is 0.0941. The lowest BCUT2D eigenvalue weighted by atomic mass is 10.2. The van der Waals surface area contributed by atoms with Crippen LogP contribution in [0.1, 0.15) is 31.1 Å². The Kier molecular flexibility index (Phi) is 3.64. The Balaban J connectivity index is 2.66. The van der Waals surface area contributed by atoms with Crippen molar-refractivity contribution < 1.29 is 4.79 Å². The van der Waals surface area contributed by atoms with Crippen molar-refractivity contribution in [1.29, 1.82) is 0 Å². The third kappa shape index (κ3) is 2.50. The van der Waals surface area contributed by atoms with E-state index in [1.54, 1.807) is 18.3 Å². The maximum absolute atomic E-state index is 12.3. The van der Waals surface area contributed by atoms with Crippen LogP contribution in [0.4, 0.5) is 0 Å². The van der Waals surface area contributed by atoms with Gasteiger partial charge in [-0.2, -0.15) is 0 Å². The van der Waals surface area contributed by atoms with E-state index in [9.17, 15) is 9.59 Å². The fourth-order valence-electron chi connectivity index (χ4n) is 2.00. The summed E-state index contributed by atoms with van der Waals surface area (Å²) in [6, 6.07) is 5.23. The van der Waals surface area contributed by atoms with Crippen molar-refractivity contribution in [3.05, 3.63) is 40.3 Å². The van der Waals surface area contributed by atoms with Crippen LogP contribution in [0, 0.1) is 0 Å². The normalized spacial score (nSPS) is 10.9. The van der Waals surface area contributed by atoms with Crippen molar-refractivity contribution in [3.63, 3.8) is 0 Å². The van der Waals surface area contributed by atoms with Gasteiger partial charge in [0.2, 0.25) is 0 Å². The van der Waals surface area contributed by atoms with E-state index in [-0.39, 0.29) is 23.1 Å². The van der Waals surface area contributed by atoms with E-state index >= 15 is 0 Å². The fraction of sp³-hybridized carbons (Fsp3) is 0.357. The van der Waals surface area contributed by atoms with Gasteiger partial charge in [-0.3, -0.25) is 14.2 Å². The number of pyridine rings is 2. The van der Waals surface area contributed by atoms with E-state index in [1.807, 2.05) is 26.8 Å². The second kappa shape index (κ2) is 5.22. The third-order valence-electron chi connectivity index (χ3n) is 2.83. The molecule has 0 unspecified atom stereocenters. The van der Waals surface area contributed by atoms with Crippen LogP contribution in [0.2, 0.25) is 0 Å². The van der Waals surface area contributed by atoms with Gasteiger partial charge in [0.25, 0.3) is 11.5 Å². The van der Waals surface area contributed by atoms with E-state index in [1.165, 1.54) is 4.57 Å². The first kappa shape index (κ1) is 13.3. The molecule has 2 heterocycles. The minimum Gasteiger partial charge on any atom is -0.350 e. The molecule has 0 aliphatic rings. The molecule has 5 nitrogen and oxygen atoms in total. The second-order valence-electron chi connectivity index (χ2n) is 4.65. The average Bonchev–Trinajstić information content (AvgIpc) is 2.37. The number of hydrogen-bond acceptors (Lipinski definition) is 3. The Labute approximate surface area is 111 Å². The Morgan fingerprint density at radius 3 is 2.84 bits per heavy atom. The van der Waals surface area contributed by atoms with E-state index in [0.717, 1.165) is 5.39 Å². The highest BCUT2D eigenvalue weighted by Crippen LogP contribution is 2.10. The van der Waals surface area contributed by atoms with E-state index in [0.29, 0.717) is 12.2 Å². The molecule has 0 saturated heterocycles. The summed E-state index contributed by atoms with van der Waals surface area (Å²) in [5, 5.41) is 3.53. The quantitative estimate of drug-likeness (QED) is 0.909. The van der Waals surface area contributed by atoms with Gasteiger partial charge in [0.05, 0.1) is 0 Å². The van der Waals surface area contributed by atoms with Crippen LogP contribution < -0.4 is 10.9 Å². The average molecular weight is 259 g/mol. The molecule has 19 heavy (non-hydrogen) atoms. The van der Waals surface area contributed by atoms with Crippen LogP contribution in [-0.4, -0.2) is 21.5 Å². The molecule has 100 valence electrons. The molecule has 0 radical (unpaired) electrons. The van der Waals surface area contributed by atoms with Crippen LogP contribution >= 0.6 is 0 Å². The molecule has 0 aromatic carbocycles. The second-order valence-corrected chi connectivity index (χ2v) is 4.65. The summed E-state index contributed by atoms with van der Waals surface area (Å²) in [6.07, 6.45) is 1.64. The van der Waals surface area contributed by atoms with Crippen LogP contribution in [0.25, 0.3) is 11.0 Å². The number of rotatable bonds is 3. The summed E-state index contributed by atoms with van der Waals surface area (Å²) in [6.45, 7) is 6.06. The van der Waals surface area contributed by atoms with Crippen molar-refractivity contribution in [2.75, 3.05) is 0 Å². The summed E-state index contributed by atoms with van der Waals surface area (Å²) >= 11 is 0. The maximum Gasteiger partial charge on any atom is 0.265 e. The van der Waals surface area contributed by atoms with Crippen molar-refractivity contribution in [2.24, 2.45) is 0 Å². The largest absolute Gasteiger partial charge is 0.350 e. The lowest BCUT2D eigenvalue weighted by Gasteiger charge is -2.11. The molecule has 1 amide bonds. The highest BCUT2D eigenvalue weighted by molar-refractivity contribution is 5.97. The standard InChI is InChI=1S/C14H17N3O2/c1-4-17-12-10(6-5-7-15-12)8-11(14(17)19)13(18)16-9(2)3/h5-9H,4H2,1-3H3,(H,16,18). The number of aromatic nitrogens is 2. The molecule has 0 fully saturated rings. The van der Waals surface area contributed by atoms with Crippen LogP contribution in [0.5, 0.6) is 0 Å². The van der Waals surface area contributed by atoms with Gasteiger partial charge in [-0.25, -0.2) is 4.98 Å². The number of nitrogens with zero attached hydrogens (tertiary/aromatic N) is 2. The molecule has 5 heteroatoms. The van der Waals surface area contributed by atoms with Gasteiger partial charge in [-0.05, 0) is 39.0 Å². The zero-order valence-corrected chi connectivity index (χ0v) is 11.3. The number of nitrogens with one attached hydrogen (secondary N) is 1. The van der Waals surface area contributed by atoms with Gasteiger partial charge >= 0.3 is 0 Å². The van der Waals surface area contributed by atoms with Gasteiger partial charge in [0.15, 0.2) is 0 Å². The van der Waals surface area contributed by atoms with Crippen molar-refractivity contribution in [2.45, 2.75) is 33.4 Å². The number of carbonyl (C=O) groups is 1. The van der Waals surface area contributed by atoms with Crippen molar-refractivity contribution >= 4 is 16.9 Å². The molecule has 0 atom stereocenters. The summed E-state index contributed by atoms with van der Waals surface area (Å²) in [7, 11) is 0. The zero-order valence-electron chi connectivity index (χ0n) is 11.3. The molecular formula is C14H17N3O2. The number of fused-ring (bicyclic) bond motifs is 1. The first-order valence-corrected chi connectivity index (χ1v) is 6.34. The molecule has 0 saturated carbocycles. The van der Waals surface area contributed by atoms with E-state index in [2.05, 4.69) is 10.3 Å². The highest BCUT2D eigenvalue weighted by atomic mass is 16.2. The van der Waals surface area contributed by atoms with E-state index in [4.69, 9.17) is 0 Å². The molecule has 0 bridgehead atoms. The number of amides is 1. The van der Waals surface area contributed by atoms with Gasteiger partial charge in [0, 0.05) is 24.2 Å². The minimum atomic E-state index is -0.340. The van der Waals surface area contributed by atoms with Crippen molar-refractivity contribution in [3.8, 4) is 0 Å². The third-order valence-corrected chi connectivity index (χ3v) is 2.83. The molecular weight excluding hydrogens is 242 g/mol. The summed E-state index contributed by atoms with van der Waals surface area (Å²) in [4.78, 5) is 28.5. The number of aryl methyl sites for hydroxylation is 1. The molecule has 0 spiro atoms. The monoisotopic (exact) mass is 259 g/mol. The van der Waals surface area contributed by atoms with Gasteiger partial charge in [-0.15, -0.1) is 0 Å². The predicted octanol–water partition coefficient (Wildman–Crippen LogP) is 1.55. The predicted molar refractivity (Wildman–Crippen MR) is 74.3 cm³/mol. The summed E-state index contributed by atoms with van der Waals surface area (Å²) in [5.74, 6) is -0.340. The smallest absolute Gasteiger partial charge is 0.265 e. The van der Waals surface area contributed by atoms with Gasteiger partial charge < -0.3 is 5.32 Å². The fourth-order valence-corrected chi connectivity index (χ4v) is 2.00. The van der Waals surface area contributed by atoms with E-state index < -0.39 is 0 Å². The Morgan fingerprint density at radius 1 is 1.47 bits per heavy atom. The summed E-state index contributed by atoms with van der Waals surface area (Å²) < 4.78 is 1.52. The molecule has 0 aliphatic carbocycles. The Hall–Kier alpha value is -2.17. The van der Waals surface area contributed by atoms with Crippen molar-refractivity contribution in [1.82, 2.24) is 14.9 Å².